The quantitative estimate of drug-likeness (QED) is 0.378. The number of piperidine rings is 1. The Bertz CT molecular complexity index is 738. The summed E-state index contributed by atoms with van der Waals surface area (Å²) in [4.78, 5) is 11.0. The van der Waals surface area contributed by atoms with E-state index in [2.05, 4.69) is 60.9 Å². The van der Waals surface area contributed by atoms with Crippen molar-refractivity contribution in [3.05, 3.63) is 48.0 Å². The van der Waals surface area contributed by atoms with Crippen molar-refractivity contribution in [2.75, 3.05) is 33.3 Å². The van der Waals surface area contributed by atoms with E-state index in [9.17, 15) is 0 Å². The van der Waals surface area contributed by atoms with Gasteiger partial charge in [-0.2, -0.15) is 5.10 Å². The third-order valence-electron chi connectivity index (χ3n) is 5.19. The van der Waals surface area contributed by atoms with Crippen molar-refractivity contribution < 1.29 is 4.74 Å². The van der Waals surface area contributed by atoms with Crippen LogP contribution >= 0.6 is 0 Å². The lowest BCUT2D eigenvalue weighted by Crippen LogP contribution is -2.38. The minimum atomic E-state index is 0.385. The fourth-order valence-corrected chi connectivity index (χ4v) is 3.47. The molecule has 2 heterocycles. The second-order valence-corrected chi connectivity index (χ2v) is 7.34. The van der Waals surface area contributed by atoms with Crippen LogP contribution in [0, 0.1) is 0 Å². The number of hydrogen-bond acceptors (Lipinski definition) is 5. The van der Waals surface area contributed by atoms with Gasteiger partial charge in [0.2, 0.25) is 0 Å². The van der Waals surface area contributed by atoms with Gasteiger partial charge in [-0.05, 0) is 24.8 Å². The predicted molar refractivity (Wildman–Crippen MR) is 115 cm³/mol. The molecule has 0 amide bonds. The van der Waals surface area contributed by atoms with E-state index < -0.39 is 0 Å². The van der Waals surface area contributed by atoms with Crippen molar-refractivity contribution in [1.82, 2.24) is 30.3 Å². The summed E-state index contributed by atoms with van der Waals surface area (Å²) in [7, 11) is 3.65. The molecular formula is C21H33N7O. The van der Waals surface area contributed by atoms with Crippen LogP contribution in [0.25, 0.3) is 0 Å². The maximum atomic E-state index is 6.08. The third kappa shape index (κ3) is 7.14. The molecule has 0 unspecified atom stereocenters. The fraction of sp³-hybridized carbons (Fsp3) is 0.571. The first-order chi connectivity index (χ1) is 14.2. The molecule has 158 valence electrons. The Balaban J connectivity index is 1.24. The maximum Gasteiger partial charge on any atom is 0.191 e. The lowest BCUT2D eigenvalue weighted by atomic mass is 10.1. The highest BCUT2D eigenvalue weighted by Gasteiger charge is 2.19. The summed E-state index contributed by atoms with van der Waals surface area (Å²) in [6.07, 6.45) is 5.11. The summed E-state index contributed by atoms with van der Waals surface area (Å²) >= 11 is 0. The topological polar surface area (TPSA) is 79.6 Å². The normalized spacial score (nSPS) is 16.1. The van der Waals surface area contributed by atoms with Gasteiger partial charge in [0.1, 0.15) is 12.2 Å². The number of ether oxygens (including phenoxy) is 1. The van der Waals surface area contributed by atoms with Gasteiger partial charge in [-0.1, -0.05) is 30.3 Å². The largest absolute Gasteiger partial charge is 0.378 e. The number of benzene rings is 1. The molecule has 1 aromatic heterocycles. The van der Waals surface area contributed by atoms with Crippen molar-refractivity contribution in [2.45, 2.75) is 38.5 Å². The molecular weight excluding hydrogens is 366 g/mol. The van der Waals surface area contributed by atoms with Crippen LogP contribution in [0.1, 0.15) is 30.7 Å². The lowest BCUT2D eigenvalue weighted by Gasteiger charge is -2.32. The summed E-state index contributed by atoms with van der Waals surface area (Å²) in [6.45, 7) is 5.45. The molecule has 0 atom stereocenters. The Hall–Kier alpha value is -2.45. The lowest BCUT2D eigenvalue weighted by molar-refractivity contribution is 0.00534. The van der Waals surface area contributed by atoms with Crippen LogP contribution in [0.2, 0.25) is 0 Å². The maximum absolute atomic E-state index is 6.08. The van der Waals surface area contributed by atoms with Crippen molar-refractivity contribution in [3.63, 3.8) is 0 Å². The van der Waals surface area contributed by atoms with E-state index >= 15 is 0 Å². The van der Waals surface area contributed by atoms with Crippen molar-refractivity contribution in [2.24, 2.45) is 12.0 Å². The molecule has 29 heavy (non-hydrogen) atoms. The number of rotatable bonds is 9. The Morgan fingerprint density at radius 3 is 2.69 bits per heavy atom. The first-order valence-electron chi connectivity index (χ1n) is 10.4. The number of aromatic nitrogens is 3. The molecule has 2 N–H and O–H groups in total. The molecule has 1 aliphatic heterocycles. The molecule has 0 saturated carbocycles. The zero-order valence-corrected chi connectivity index (χ0v) is 17.5. The minimum absolute atomic E-state index is 0.385. The van der Waals surface area contributed by atoms with Crippen LogP contribution in [-0.4, -0.2) is 65.0 Å². The number of hydrogen-bond donors (Lipinski definition) is 2. The number of aliphatic imine (C=N–C) groups is 1. The SMILES string of the molecule is CN=C(NCCCOC1CCN(Cc2ccccc2)CC1)NCc1ncnn1C. The van der Waals surface area contributed by atoms with Gasteiger partial charge in [-0.15, -0.1) is 0 Å². The monoisotopic (exact) mass is 399 g/mol. The van der Waals surface area contributed by atoms with E-state index in [1.165, 1.54) is 5.56 Å². The molecule has 8 nitrogen and oxygen atoms in total. The average molecular weight is 400 g/mol. The number of likely N-dealkylation sites (tertiary alicyclic amines) is 1. The Morgan fingerprint density at radius 2 is 2.00 bits per heavy atom. The van der Waals surface area contributed by atoms with E-state index in [0.717, 1.165) is 63.8 Å². The standard InChI is InChI=1S/C21H33N7O/c1-22-21(24-15-20-25-17-26-27(20)2)23-11-6-14-29-19-9-12-28(13-10-19)16-18-7-4-3-5-8-18/h3-5,7-8,17,19H,6,9-16H2,1-2H3,(H2,22,23,24). The summed E-state index contributed by atoms with van der Waals surface area (Å²) < 4.78 is 7.83. The van der Waals surface area contributed by atoms with Gasteiger partial charge >= 0.3 is 0 Å². The zero-order chi connectivity index (χ0) is 20.3. The summed E-state index contributed by atoms with van der Waals surface area (Å²) in [5.41, 5.74) is 1.39. The van der Waals surface area contributed by atoms with Crippen LogP contribution in [0.3, 0.4) is 0 Å². The Kier molecular flexibility index (Phi) is 8.45. The molecule has 0 aliphatic carbocycles. The van der Waals surface area contributed by atoms with Gasteiger partial charge in [0, 0.05) is 46.9 Å². The van der Waals surface area contributed by atoms with Gasteiger partial charge in [-0.3, -0.25) is 14.6 Å². The van der Waals surface area contributed by atoms with E-state index in [1.54, 1.807) is 18.1 Å². The molecule has 1 aliphatic rings. The van der Waals surface area contributed by atoms with Crippen LogP contribution in [0.15, 0.2) is 41.7 Å². The molecule has 0 bridgehead atoms. The van der Waals surface area contributed by atoms with E-state index in [1.807, 2.05) is 7.05 Å². The van der Waals surface area contributed by atoms with Gasteiger partial charge in [0.25, 0.3) is 0 Å². The summed E-state index contributed by atoms with van der Waals surface area (Å²) in [6, 6.07) is 10.7. The molecule has 0 spiro atoms. The van der Waals surface area contributed by atoms with Crippen LogP contribution in [0.5, 0.6) is 0 Å². The molecule has 2 aromatic rings. The van der Waals surface area contributed by atoms with E-state index in [4.69, 9.17) is 4.74 Å². The highest BCUT2D eigenvalue weighted by molar-refractivity contribution is 5.79. The Labute approximate surface area is 173 Å². The summed E-state index contributed by atoms with van der Waals surface area (Å²) in [5, 5.41) is 10.6. The molecule has 1 fully saturated rings. The average Bonchev–Trinajstić information content (AvgIpc) is 3.17. The predicted octanol–water partition coefficient (Wildman–Crippen LogP) is 1.55. The second-order valence-electron chi connectivity index (χ2n) is 7.34. The molecule has 0 radical (unpaired) electrons. The molecule has 8 heteroatoms. The highest BCUT2D eigenvalue weighted by atomic mass is 16.5. The van der Waals surface area contributed by atoms with Crippen LogP contribution in [0.4, 0.5) is 0 Å². The fourth-order valence-electron chi connectivity index (χ4n) is 3.47. The number of guanidine groups is 1. The van der Waals surface area contributed by atoms with Gasteiger partial charge < -0.3 is 15.4 Å². The van der Waals surface area contributed by atoms with Gasteiger partial charge in [-0.25, -0.2) is 4.98 Å². The van der Waals surface area contributed by atoms with Crippen molar-refractivity contribution in [1.29, 1.82) is 0 Å². The van der Waals surface area contributed by atoms with E-state index in [-0.39, 0.29) is 0 Å². The van der Waals surface area contributed by atoms with E-state index in [0.29, 0.717) is 12.6 Å². The number of nitrogens with zero attached hydrogens (tertiary/aromatic N) is 5. The van der Waals surface area contributed by atoms with Crippen molar-refractivity contribution >= 4 is 5.96 Å². The first-order valence-corrected chi connectivity index (χ1v) is 10.4. The molecule has 3 rings (SSSR count). The zero-order valence-electron chi connectivity index (χ0n) is 17.5. The van der Waals surface area contributed by atoms with Gasteiger partial charge in [0.15, 0.2) is 5.96 Å². The number of nitrogens with one attached hydrogen (secondary N) is 2. The first kappa shape index (κ1) is 21.3. The second kappa shape index (κ2) is 11.5. The molecule has 1 aromatic carbocycles. The molecule has 1 saturated heterocycles. The van der Waals surface area contributed by atoms with Gasteiger partial charge in [0.05, 0.1) is 12.6 Å². The smallest absolute Gasteiger partial charge is 0.191 e. The summed E-state index contributed by atoms with van der Waals surface area (Å²) in [5.74, 6) is 1.64. The third-order valence-corrected chi connectivity index (χ3v) is 5.19. The van der Waals surface area contributed by atoms with Crippen molar-refractivity contribution in [3.8, 4) is 0 Å². The number of aryl methyl sites for hydroxylation is 1. The van der Waals surface area contributed by atoms with Crippen LogP contribution in [-0.2, 0) is 24.9 Å². The highest BCUT2D eigenvalue weighted by Crippen LogP contribution is 2.16. The van der Waals surface area contributed by atoms with Crippen LogP contribution < -0.4 is 10.6 Å². The Morgan fingerprint density at radius 1 is 1.21 bits per heavy atom. The minimum Gasteiger partial charge on any atom is -0.378 e.